The van der Waals surface area contributed by atoms with Crippen LogP contribution in [0.2, 0.25) is 0 Å². The van der Waals surface area contributed by atoms with Gasteiger partial charge in [-0.25, -0.2) is 0 Å². The lowest BCUT2D eigenvalue weighted by Crippen LogP contribution is -2.20. The molecule has 0 aromatic rings. The van der Waals surface area contributed by atoms with Gasteiger partial charge in [-0.05, 0) is 37.0 Å². The SMILES string of the molecule is CCCCCOC(=O)[C@]12C[C@@H]3C[C@H]1[C@H]2[C@@H]3Cl. The van der Waals surface area contributed by atoms with Gasteiger partial charge in [-0.3, -0.25) is 4.79 Å². The highest BCUT2D eigenvalue weighted by Gasteiger charge is 2.82. The van der Waals surface area contributed by atoms with Gasteiger partial charge >= 0.3 is 5.97 Å². The van der Waals surface area contributed by atoms with Gasteiger partial charge in [0.15, 0.2) is 0 Å². The Balaban J connectivity index is 1.54. The summed E-state index contributed by atoms with van der Waals surface area (Å²) < 4.78 is 5.42. The fourth-order valence-corrected chi connectivity index (χ4v) is 4.69. The highest BCUT2D eigenvalue weighted by atomic mass is 35.5. The number of hydrogen-bond acceptors (Lipinski definition) is 2. The highest BCUT2D eigenvalue weighted by molar-refractivity contribution is 6.22. The van der Waals surface area contributed by atoms with Gasteiger partial charge in [0.25, 0.3) is 0 Å². The number of rotatable bonds is 5. The van der Waals surface area contributed by atoms with Crippen LogP contribution in [0, 0.1) is 23.2 Å². The summed E-state index contributed by atoms with van der Waals surface area (Å²) in [5.74, 6) is 1.68. The zero-order chi connectivity index (χ0) is 11.3. The third kappa shape index (κ3) is 1.23. The molecule has 0 aliphatic heterocycles. The molecule has 0 aromatic heterocycles. The van der Waals surface area contributed by atoms with Crippen LogP contribution in [0.15, 0.2) is 0 Å². The van der Waals surface area contributed by atoms with E-state index in [2.05, 4.69) is 6.92 Å². The predicted molar refractivity (Wildman–Crippen MR) is 62.3 cm³/mol. The molecule has 4 rings (SSSR count). The topological polar surface area (TPSA) is 26.3 Å². The first kappa shape index (κ1) is 10.9. The molecular formula is C13H19ClO2. The Bertz CT molecular complexity index is 317. The van der Waals surface area contributed by atoms with Crippen LogP contribution in [-0.4, -0.2) is 18.0 Å². The van der Waals surface area contributed by atoms with Gasteiger partial charge in [0.1, 0.15) is 0 Å². The van der Waals surface area contributed by atoms with E-state index >= 15 is 0 Å². The molecule has 0 aromatic carbocycles. The molecule has 4 fully saturated rings. The van der Waals surface area contributed by atoms with Crippen LogP contribution in [0.3, 0.4) is 0 Å². The standard InChI is InChI=1S/C13H19ClO2/c1-2-3-4-5-16-12(15)13-7-8-6-9(13)10(13)11(8)14/h8-11H,2-7H2,1H3/t8-,9-,10-,11+,13+/m0/s1. The highest BCUT2D eigenvalue weighted by Crippen LogP contribution is 2.80. The second kappa shape index (κ2) is 3.63. The van der Waals surface area contributed by atoms with E-state index in [0.29, 0.717) is 24.4 Å². The first-order valence-corrected chi connectivity index (χ1v) is 6.96. The van der Waals surface area contributed by atoms with Crippen molar-refractivity contribution in [3.63, 3.8) is 0 Å². The second-order valence-corrected chi connectivity index (χ2v) is 6.16. The van der Waals surface area contributed by atoms with Crippen molar-refractivity contribution < 1.29 is 9.53 Å². The van der Waals surface area contributed by atoms with Crippen LogP contribution in [0.25, 0.3) is 0 Å². The van der Waals surface area contributed by atoms with Gasteiger partial charge in [0.2, 0.25) is 0 Å². The van der Waals surface area contributed by atoms with Crippen molar-refractivity contribution in [1.29, 1.82) is 0 Å². The van der Waals surface area contributed by atoms with Crippen molar-refractivity contribution in [1.82, 2.24) is 0 Å². The summed E-state index contributed by atoms with van der Waals surface area (Å²) >= 11 is 6.31. The molecule has 0 amide bonds. The molecule has 16 heavy (non-hydrogen) atoms. The second-order valence-electron chi connectivity index (χ2n) is 5.66. The molecule has 4 aliphatic rings. The Labute approximate surface area is 102 Å². The summed E-state index contributed by atoms with van der Waals surface area (Å²) in [5.41, 5.74) is -0.122. The largest absolute Gasteiger partial charge is 0.465 e. The lowest BCUT2D eigenvalue weighted by Gasteiger charge is -2.10. The predicted octanol–water partition coefficient (Wildman–Crippen LogP) is 2.98. The third-order valence-corrected chi connectivity index (χ3v) is 5.52. The molecule has 4 bridgehead atoms. The number of carbonyl (C=O) groups excluding carboxylic acids is 1. The van der Waals surface area contributed by atoms with Gasteiger partial charge in [0.05, 0.1) is 12.0 Å². The molecule has 0 unspecified atom stereocenters. The molecule has 4 aliphatic carbocycles. The van der Waals surface area contributed by atoms with Crippen LogP contribution < -0.4 is 0 Å². The van der Waals surface area contributed by atoms with Crippen molar-refractivity contribution in [3.8, 4) is 0 Å². The van der Waals surface area contributed by atoms with Crippen molar-refractivity contribution in [2.75, 3.05) is 6.61 Å². The number of alkyl halides is 1. The minimum atomic E-state index is -0.122. The zero-order valence-electron chi connectivity index (χ0n) is 9.75. The molecule has 0 N–H and O–H groups in total. The Kier molecular flexibility index (Phi) is 2.47. The number of esters is 1. The molecule has 0 saturated heterocycles. The normalized spacial score (nSPS) is 47.1. The smallest absolute Gasteiger partial charge is 0.312 e. The van der Waals surface area contributed by atoms with Crippen LogP contribution in [0.5, 0.6) is 0 Å². The molecular weight excluding hydrogens is 224 g/mol. The summed E-state index contributed by atoms with van der Waals surface area (Å²) in [4.78, 5) is 12.1. The molecule has 3 heteroatoms. The van der Waals surface area contributed by atoms with E-state index in [9.17, 15) is 4.79 Å². The number of carbonyl (C=O) groups is 1. The van der Waals surface area contributed by atoms with E-state index in [1.807, 2.05) is 0 Å². The Hall–Kier alpha value is -0.240. The summed E-state index contributed by atoms with van der Waals surface area (Å²) in [5, 5.41) is 0.258. The molecule has 0 heterocycles. The fourth-order valence-electron chi connectivity index (χ4n) is 4.10. The Morgan fingerprint density at radius 2 is 2.31 bits per heavy atom. The van der Waals surface area contributed by atoms with Crippen LogP contribution >= 0.6 is 11.6 Å². The average molecular weight is 243 g/mol. The van der Waals surface area contributed by atoms with Gasteiger partial charge in [-0.1, -0.05) is 19.8 Å². The molecule has 0 spiro atoms. The van der Waals surface area contributed by atoms with Gasteiger partial charge in [-0.15, -0.1) is 11.6 Å². The lowest BCUT2D eigenvalue weighted by atomic mass is 10.1. The summed E-state index contributed by atoms with van der Waals surface area (Å²) in [6.07, 6.45) is 5.49. The summed E-state index contributed by atoms with van der Waals surface area (Å²) in [7, 11) is 0. The zero-order valence-corrected chi connectivity index (χ0v) is 10.5. The first-order valence-electron chi connectivity index (χ1n) is 6.53. The third-order valence-electron chi connectivity index (χ3n) is 4.89. The van der Waals surface area contributed by atoms with Gasteiger partial charge < -0.3 is 4.74 Å². The van der Waals surface area contributed by atoms with Crippen LogP contribution in [0.1, 0.15) is 39.0 Å². The summed E-state index contributed by atoms with van der Waals surface area (Å²) in [6.45, 7) is 2.76. The first-order chi connectivity index (χ1) is 7.71. The molecule has 4 saturated carbocycles. The van der Waals surface area contributed by atoms with Gasteiger partial charge in [-0.2, -0.15) is 0 Å². The van der Waals surface area contributed by atoms with Crippen LogP contribution in [-0.2, 0) is 9.53 Å². The molecule has 0 radical (unpaired) electrons. The fraction of sp³-hybridized carbons (Fsp3) is 0.923. The quantitative estimate of drug-likeness (QED) is 0.421. The molecule has 90 valence electrons. The van der Waals surface area contributed by atoms with Crippen molar-refractivity contribution in [2.45, 2.75) is 44.4 Å². The molecule has 2 nitrogen and oxygen atoms in total. The van der Waals surface area contributed by atoms with Crippen molar-refractivity contribution in [2.24, 2.45) is 23.2 Å². The van der Waals surface area contributed by atoms with E-state index in [-0.39, 0.29) is 16.8 Å². The number of halogens is 1. The maximum absolute atomic E-state index is 12.1. The van der Waals surface area contributed by atoms with Crippen molar-refractivity contribution >= 4 is 17.6 Å². The summed E-state index contributed by atoms with van der Waals surface area (Å²) in [6, 6.07) is 0. The number of hydrogen-bond donors (Lipinski definition) is 0. The minimum absolute atomic E-state index is 0.0595. The lowest BCUT2D eigenvalue weighted by molar-refractivity contribution is -0.150. The van der Waals surface area contributed by atoms with Crippen molar-refractivity contribution in [3.05, 3.63) is 0 Å². The van der Waals surface area contributed by atoms with E-state index < -0.39 is 0 Å². The van der Waals surface area contributed by atoms with E-state index in [1.54, 1.807) is 0 Å². The van der Waals surface area contributed by atoms with Crippen LogP contribution in [0.4, 0.5) is 0 Å². The maximum Gasteiger partial charge on any atom is 0.312 e. The monoisotopic (exact) mass is 242 g/mol. The van der Waals surface area contributed by atoms with E-state index in [1.165, 1.54) is 12.8 Å². The number of ether oxygens (including phenoxy) is 1. The molecule has 5 atom stereocenters. The Morgan fingerprint density at radius 1 is 1.50 bits per heavy atom. The minimum Gasteiger partial charge on any atom is -0.465 e. The Morgan fingerprint density at radius 3 is 2.81 bits per heavy atom. The van der Waals surface area contributed by atoms with E-state index in [0.717, 1.165) is 19.3 Å². The van der Waals surface area contributed by atoms with Gasteiger partial charge in [0, 0.05) is 5.38 Å². The average Bonchev–Trinajstić information content (AvgIpc) is 2.60. The number of unbranched alkanes of at least 4 members (excludes halogenated alkanes) is 2. The maximum atomic E-state index is 12.1. The van der Waals surface area contributed by atoms with E-state index in [4.69, 9.17) is 16.3 Å².